The Balaban J connectivity index is 2.45. The Bertz CT molecular complexity index is 365. The van der Waals surface area contributed by atoms with E-state index < -0.39 is 0 Å². The minimum atomic E-state index is 0.267. The molecule has 0 saturated carbocycles. The minimum absolute atomic E-state index is 0.267. The van der Waals surface area contributed by atoms with E-state index in [4.69, 9.17) is 16.3 Å². The van der Waals surface area contributed by atoms with Crippen LogP contribution in [0.3, 0.4) is 0 Å². The summed E-state index contributed by atoms with van der Waals surface area (Å²) < 4.78 is 5.65. The topological polar surface area (TPSA) is 9.23 Å². The maximum Gasteiger partial charge on any atom is 0.122 e. The summed E-state index contributed by atoms with van der Waals surface area (Å²) in [5.41, 5.74) is 1.53. The number of rotatable bonds is 0. The highest BCUT2D eigenvalue weighted by Gasteiger charge is 2.31. The largest absolute Gasteiger partial charge is 0.493 e. The molecule has 82 valence electrons. The maximum atomic E-state index is 6.04. The van der Waals surface area contributed by atoms with Crippen molar-refractivity contribution < 1.29 is 4.74 Å². The van der Waals surface area contributed by atoms with Crippen LogP contribution in [-0.2, 0) is 0 Å². The van der Waals surface area contributed by atoms with E-state index in [-0.39, 0.29) is 5.41 Å². The zero-order valence-corrected chi connectivity index (χ0v) is 10.3. The van der Waals surface area contributed by atoms with Crippen LogP contribution in [-0.4, -0.2) is 6.61 Å². The van der Waals surface area contributed by atoms with Crippen molar-refractivity contribution in [1.82, 2.24) is 0 Å². The van der Waals surface area contributed by atoms with Gasteiger partial charge in [0.2, 0.25) is 0 Å². The summed E-state index contributed by atoms with van der Waals surface area (Å²) in [6.07, 6.45) is 1.08. The first kappa shape index (κ1) is 10.8. The van der Waals surface area contributed by atoms with E-state index >= 15 is 0 Å². The number of ether oxygens (including phenoxy) is 1. The predicted molar refractivity (Wildman–Crippen MR) is 63.8 cm³/mol. The van der Waals surface area contributed by atoms with Gasteiger partial charge in [0.15, 0.2) is 0 Å². The molecule has 1 aromatic carbocycles. The zero-order chi connectivity index (χ0) is 11.1. The summed E-state index contributed by atoms with van der Waals surface area (Å²) in [7, 11) is 0. The second-order valence-electron chi connectivity index (χ2n) is 5.24. The molecule has 0 aliphatic carbocycles. The summed E-state index contributed by atoms with van der Waals surface area (Å²) in [6, 6.07) is 5.92. The Morgan fingerprint density at radius 2 is 2.07 bits per heavy atom. The molecule has 0 radical (unpaired) electrons. The lowest BCUT2D eigenvalue weighted by Gasteiger charge is -2.35. The second-order valence-corrected chi connectivity index (χ2v) is 5.67. The van der Waals surface area contributed by atoms with Crippen molar-refractivity contribution in [1.29, 1.82) is 0 Å². The first-order valence-corrected chi connectivity index (χ1v) is 5.78. The van der Waals surface area contributed by atoms with Crippen molar-refractivity contribution in [3.63, 3.8) is 0 Å². The van der Waals surface area contributed by atoms with Gasteiger partial charge in [-0.15, -0.1) is 0 Å². The molecule has 0 bridgehead atoms. The molecule has 0 fully saturated rings. The van der Waals surface area contributed by atoms with E-state index in [0.717, 1.165) is 23.8 Å². The number of hydrogen-bond acceptors (Lipinski definition) is 1. The number of benzene rings is 1. The standard InChI is InChI=1S/C13H17ClO/c1-13(2,3)11-6-7-15-12-5-4-9(14)8-10(11)12/h4-5,8,11H,6-7H2,1-3H3. The van der Waals surface area contributed by atoms with Gasteiger partial charge >= 0.3 is 0 Å². The highest BCUT2D eigenvalue weighted by molar-refractivity contribution is 6.30. The van der Waals surface area contributed by atoms with Crippen molar-refractivity contribution in [2.24, 2.45) is 5.41 Å². The third kappa shape index (κ3) is 2.12. The normalized spacial score (nSPS) is 20.7. The summed E-state index contributed by atoms with van der Waals surface area (Å²) in [5.74, 6) is 1.55. The molecular formula is C13H17ClO. The van der Waals surface area contributed by atoms with Crippen molar-refractivity contribution >= 4 is 11.6 Å². The third-order valence-electron chi connectivity index (χ3n) is 3.06. The molecule has 0 amide bonds. The lowest BCUT2D eigenvalue weighted by molar-refractivity contribution is 0.204. The van der Waals surface area contributed by atoms with Gasteiger partial charge in [-0.05, 0) is 41.5 Å². The van der Waals surface area contributed by atoms with Crippen LogP contribution in [0.1, 0.15) is 38.7 Å². The Morgan fingerprint density at radius 3 is 2.73 bits per heavy atom. The van der Waals surface area contributed by atoms with Gasteiger partial charge in [0.25, 0.3) is 0 Å². The van der Waals surface area contributed by atoms with Gasteiger partial charge in [0, 0.05) is 5.02 Å². The molecule has 2 rings (SSSR count). The molecule has 1 aliphatic rings. The van der Waals surface area contributed by atoms with Gasteiger partial charge in [-0.2, -0.15) is 0 Å². The Kier molecular flexibility index (Phi) is 2.68. The first-order chi connectivity index (χ1) is 6.98. The van der Waals surface area contributed by atoms with Crippen LogP contribution in [0.15, 0.2) is 18.2 Å². The minimum Gasteiger partial charge on any atom is -0.493 e. The molecule has 0 N–H and O–H groups in total. The number of halogens is 1. The molecule has 2 heteroatoms. The molecular weight excluding hydrogens is 208 g/mol. The van der Waals surface area contributed by atoms with Gasteiger partial charge in [0.1, 0.15) is 5.75 Å². The highest BCUT2D eigenvalue weighted by Crippen LogP contribution is 2.44. The van der Waals surface area contributed by atoms with E-state index in [2.05, 4.69) is 20.8 Å². The summed E-state index contributed by atoms with van der Waals surface area (Å²) in [5, 5.41) is 0.800. The molecule has 1 aliphatic heterocycles. The zero-order valence-electron chi connectivity index (χ0n) is 9.51. The van der Waals surface area contributed by atoms with Gasteiger partial charge in [0.05, 0.1) is 6.61 Å². The quantitative estimate of drug-likeness (QED) is 0.640. The van der Waals surface area contributed by atoms with Crippen molar-refractivity contribution in [2.45, 2.75) is 33.1 Å². The molecule has 1 aromatic rings. The molecule has 1 atom stereocenters. The predicted octanol–water partition coefficient (Wildman–Crippen LogP) is 4.25. The summed E-state index contributed by atoms with van der Waals surface area (Å²) >= 11 is 6.04. The van der Waals surface area contributed by atoms with Crippen LogP contribution in [0.5, 0.6) is 5.75 Å². The van der Waals surface area contributed by atoms with Crippen LogP contribution in [0.2, 0.25) is 5.02 Å². The van der Waals surface area contributed by atoms with Crippen molar-refractivity contribution in [3.05, 3.63) is 28.8 Å². The third-order valence-corrected chi connectivity index (χ3v) is 3.29. The molecule has 0 saturated heterocycles. The Morgan fingerprint density at radius 1 is 1.33 bits per heavy atom. The van der Waals surface area contributed by atoms with Gasteiger partial charge in [-0.3, -0.25) is 0 Å². The lowest BCUT2D eigenvalue weighted by atomic mass is 9.74. The molecule has 0 aromatic heterocycles. The molecule has 15 heavy (non-hydrogen) atoms. The van der Waals surface area contributed by atoms with Crippen LogP contribution in [0.25, 0.3) is 0 Å². The SMILES string of the molecule is CC(C)(C)C1CCOc2ccc(Cl)cc21. The summed E-state index contributed by atoms with van der Waals surface area (Å²) in [6.45, 7) is 7.63. The van der Waals surface area contributed by atoms with E-state index in [0.29, 0.717) is 5.92 Å². The van der Waals surface area contributed by atoms with Gasteiger partial charge < -0.3 is 4.74 Å². The smallest absolute Gasteiger partial charge is 0.122 e. The van der Waals surface area contributed by atoms with E-state index in [1.807, 2.05) is 18.2 Å². The number of fused-ring (bicyclic) bond motifs is 1. The van der Waals surface area contributed by atoms with Gasteiger partial charge in [-0.1, -0.05) is 32.4 Å². The fourth-order valence-corrected chi connectivity index (χ4v) is 2.45. The lowest BCUT2D eigenvalue weighted by Crippen LogP contribution is -2.25. The average molecular weight is 225 g/mol. The average Bonchev–Trinajstić information content (AvgIpc) is 2.15. The molecule has 1 heterocycles. The first-order valence-electron chi connectivity index (χ1n) is 5.41. The summed E-state index contributed by atoms with van der Waals surface area (Å²) in [4.78, 5) is 0. The fraction of sp³-hybridized carbons (Fsp3) is 0.538. The number of hydrogen-bond donors (Lipinski definition) is 0. The molecule has 1 nitrogen and oxygen atoms in total. The maximum absolute atomic E-state index is 6.04. The monoisotopic (exact) mass is 224 g/mol. The molecule has 0 spiro atoms. The van der Waals surface area contributed by atoms with E-state index in [1.165, 1.54) is 5.56 Å². The van der Waals surface area contributed by atoms with Crippen LogP contribution in [0.4, 0.5) is 0 Å². The highest BCUT2D eigenvalue weighted by atomic mass is 35.5. The van der Waals surface area contributed by atoms with Crippen LogP contribution >= 0.6 is 11.6 Å². The van der Waals surface area contributed by atoms with Crippen LogP contribution < -0.4 is 4.74 Å². The fourth-order valence-electron chi connectivity index (χ4n) is 2.26. The van der Waals surface area contributed by atoms with Gasteiger partial charge in [-0.25, -0.2) is 0 Å². The Labute approximate surface area is 96.4 Å². The molecule has 1 unspecified atom stereocenters. The van der Waals surface area contributed by atoms with Crippen molar-refractivity contribution in [3.8, 4) is 5.75 Å². The van der Waals surface area contributed by atoms with Crippen LogP contribution in [0, 0.1) is 5.41 Å². The Hall–Kier alpha value is -0.690. The second kappa shape index (κ2) is 3.71. The van der Waals surface area contributed by atoms with Crippen molar-refractivity contribution in [2.75, 3.05) is 6.61 Å². The van der Waals surface area contributed by atoms with E-state index in [1.54, 1.807) is 0 Å². The van der Waals surface area contributed by atoms with E-state index in [9.17, 15) is 0 Å².